The van der Waals surface area contributed by atoms with Crippen LogP contribution in [0.4, 0.5) is 0 Å². The van der Waals surface area contributed by atoms with Gasteiger partial charge in [-0.15, -0.1) is 0 Å². The fourth-order valence-corrected chi connectivity index (χ4v) is 2.40. The minimum absolute atomic E-state index is 0.126. The molecule has 0 bridgehead atoms. The predicted molar refractivity (Wildman–Crippen MR) is 75.1 cm³/mol. The number of amides is 1. The summed E-state index contributed by atoms with van der Waals surface area (Å²) in [4.78, 5) is 15.6. The van der Waals surface area contributed by atoms with Crippen LogP contribution in [0.2, 0.25) is 0 Å². The van der Waals surface area contributed by atoms with E-state index in [0.717, 1.165) is 16.9 Å². The third kappa shape index (κ3) is 2.25. The Balaban J connectivity index is 2.14. The quantitative estimate of drug-likeness (QED) is 0.781. The second kappa shape index (κ2) is 5.13. The zero-order valence-electron chi connectivity index (χ0n) is 10.8. The summed E-state index contributed by atoms with van der Waals surface area (Å²) in [6.45, 7) is 0. The van der Waals surface area contributed by atoms with Crippen molar-refractivity contribution >= 4 is 11.6 Å². The number of fused-ring (bicyclic) bond motifs is 1. The monoisotopic (exact) mass is 266 g/mol. The first-order valence-corrected chi connectivity index (χ1v) is 6.37. The molecule has 0 saturated carbocycles. The van der Waals surface area contributed by atoms with E-state index in [2.05, 4.69) is 10.1 Å². The fourth-order valence-electron chi connectivity index (χ4n) is 2.40. The summed E-state index contributed by atoms with van der Waals surface area (Å²) in [6.07, 6.45) is 3.66. The molecule has 0 aliphatic carbocycles. The summed E-state index contributed by atoms with van der Waals surface area (Å²) >= 11 is 0. The summed E-state index contributed by atoms with van der Waals surface area (Å²) in [5, 5.41) is 4.27. The highest BCUT2D eigenvalue weighted by Crippen LogP contribution is 2.27. The van der Waals surface area contributed by atoms with Crippen LogP contribution >= 0.6 is 0 Å². The zero-order chi connectivity index (χ0) is 13.9. The van der Waals surface area contributed by atoms with Crippen molar-refractivity contribution in [2.45, 2.75) is 12.3 Å². The number of carbonyl (C=O) groups excluding carboxylic acids is 1. The van der Waals surface area contributed by atoms with Crippen LogP contribution in [0.1, 0.15) is 23.6 Å². The number of aromatic nitrogens is 3. The minimum atomic E-state index is -0.337. The number of hydrogen-bond acceptors (Lipinski definition) is 3. The van der Waals surface area contributed by atoms with Crippen molar-refractivity contribution in [1.29, 1.82) is 0 Å². The van der Waals surface area contributed by atoms with E-state index >= 15 is 0 Å². The summed E-state index contributed by atoms with van der Waals surface area (Å²) in [7, 11) is 0. The van der Waals surface area contributed by atoms with Gasteiger partial charge in [0.2, 0.25) is 5.91 Å². The Morgan fingerprint density at radius 3 is 2.70 bits per heavy atom. The lowest BCUT2D eigenvalue weighted by Crippen LogP contribution is -2.18. The molecule has 2 aromatic heterocycles. The van der Waals surface area contributed by atoms with Gasteiger partial charge in [-0.3, -0.25) is 4.79 Å². The number of nitrogens with zero attached hydrogens (tertiary/aromatic N) is 3. The van der Waals surface area contributed by atoms with Crippen LogP contribution in [0, 0.1) is 0 Å². The highest BCUT2D eigenvalue weighted by Gasteiger charge is 2.20. The second-order valence-electron chi connectivity index (χ2n) is 4.60. The lowest BCUT2D eigenvalue weighted by molar-refractivity contribution is -0.118. The first-order chi connectivity index (χ1) is 9.75. The van der Waals surface area contributed by atoms with Crippen molar-refractivity contribution in [2.24, 2.45) is 5.73 Å². The second-order valence-corrected chi connectivity index (χ2v) is 4.60. The Hall–Kier alpha value is -2.69. The number of nitrogens with two attached hydrogens (primary N) is 1. The third-order valence-electron chi connectivity index (χ3n) is 3.28. The Morgan fingerprint density at radius 1 is 1.15 bits per heavy atom. The van der Waals surface area contributed by atoms with E-state index in [1.165, 1.54) is 0 Å². The minimum Gasteiger partial charge on any atom is -0.370 e. The Bertz CT molecular complexity index is 736. The molecule has 0 aliphatic heterocycles. The Morgan fingerprint density at radius 2 is 1.95 bits per heavy atom. The number of benzene rings is 1. The molecular weight excluding hydrogens is 252 g/mol. The normalized spacial score (nSPS) is 12.4. The van der Waals surface area contributed by atoms with Crippen LogP contribution < -0.4 is 5.73 Å². The molecule has 3 aromatic rings. The van der Waals surface area contributed by atoms with Gasteiger partial charge in [0.15, 0.2) is 5.65 Å². The summed E-state index contributed by atoms with van der Waals surface area (Å²) in [5.41, 5.74) is 8.10. The van der Waals surface area contributed by atoms with Crippen molar-refractivity contribution in [3.8, 4) is 0 Å². The molecule has 5 heteroatoms. The van der Waals surface area contributed by atoms with Crippen molar-refractivity contribution in [1.82, 2.24) is 14.6 Å². The summed E-state index contributed by atoms with van der Waals surface area (Å²) in [5.74, 6) is -0.463. The van der Waals surface area contributed by atoms with Gasteiger partial charge in [-0.2, -0.15) is 5.10 Å². The molecule has 1 aromatic carbocycles. The number of rotatable bonds is 4. The van der Waals surface area contributed by atoms with E-state index in [0.29, 0.717) is 0 Å². The molecule has 5 nitrogen and oxygen atoms in total. The van der Waals surface area contributed by atoms with E-state index in [1.807, 2.05) is 42.5 Å². The molecule has 0 radical (unpaired) electrons. The van der Waals surface area contributed by atoms with Crippen molar-refractivity contribution in [2.75, 3.05) is 0 Å². The molecule has 100 valence electrons. The highest BCUT2D eigenvalue weighted by atomic mass is 16.1. The molecule has 3 rings (SSSR count). The van der Waals surface area contributed by atoms with E-state index in [9.17, 15) is 4.79 Å². The molecule has 1 unspecified atom stereocenters. The standard InChI is InChI=1S/C15H14N4O/c16-14(20)10-12(11-4-2-1-3-5-11)13-6-8-17-15-7-9-18-19(13)15/h1-9,12H,10H2,(H2,16,20). The van der Waals surface area contributed by atoms with Crippen LogP contribution in [-0.4, -0.2) is 20.5 Å². The van der Waals surface area contributed by atoms with Crippen molar-refractivity contribution in [3.63, 3.8) is 0 Å². The fraction of sp³-hybridized carbons (Fsp3) is 0.133. The van der Waals surface area contributed by atoms with Gasteiger partial charge in [0.05, 0.1) is 11.9 Å². The van der Waals surface area contributed by atoms with Gasteiger partial charge in [0.25, 0.3) is 0 Å². The SMILES string of the molecule is NC(=O)CC(c1ccccc1)c1ccnc2ccnn12. The molecule has 1 amide bonds. The number of hydrogen-bond donors (Lipinski definition) is 1. The first kappa shape index (κ1) is 12.3. The number of primary amides is 1. The van der Waals surface area contributed by atoms with Crippen LogP contribution in [0.15, 0.2) is 54.9 Å². The van der Waals surface area contributed by atoms with E-state index < -0.39 is 0 Å². The molecule has 0 fully saturated rings. The third-order valence-corrected chi connectivity index (χ3v) is 3.28. The van der Waals surface area contributed by atoms with Crippen LogP contribution in [-0.2, 0) is 4.79 Å². The van der Waals surface area contributed by atoms with Gasteiger partial charge in [0, 0.05) is 24.6 Å². The maximum atomic E-state index is 11.4. The zero-order valence-corrected chi connectivity index (χ0v) is 10.8. The Labute approximate surface area is 116 Å². The average molecular weight is 266 g/mol. The molecule has 0 spiro atoms. The number of carbonyl (C=O) groups is 1. The predicted octanol–water partition coefficient (Wildman–Crippen LogP) is 1.74. The van der Waals surface area contributed by atoms with Gasteiger partial charge in [-0.05, 0) is 11.6 Å². The topological polar surface area (TPSA) is 73.3 Å². The highest BCUT2D eigenvalue weighted by molar-refractivity contribution is 5.75. The van der Waals surface area contributed by atoms with Gasteiger partial charge in [-0.25, -0.2) is 9.50 Å². The largest absolute Gasteiger partial charge is 0.370 e. The molecule has 2 N–H and O–H groups in total. The van der Waals surface area contributed by atoms with E-state index in [-0.39, 0.29) is 18.2 Å². The van der Waals surface area contributed by atoms with Crippen molar-refractivity contribution in [3.05, 3.63) is 66.1 Å². The molecule has 0 aliphatic rings. The smallest absolute Gasteiger partial charge is 0.218 e. The van der Waals surface area contributed by atoms with Gasteiger partial charge in [-0.1, -0.05) is 30.3 Å². The maximum Gasteiger partial charge on any atom is 0.218 e. The lowest BCUT2D eigenvalue weighted by Gasteiger charge is -2.17. The molecular formula is C15H14N4O. The molecule has 0 saturated heterocycles. The van der Waals surface area contributed by atoms with Gasteiger partial charge in [0.1, 0.15) is 0 Å². The molecule has 20 heavy (non-hydrogen) atoms. The van der Waals surface area contributed by atoms with E-state index in [1.54, 1.807) is 16.9 Å². The maximum absolute atomic E-state index is 11.4. The molecule has 1 atom stereocenters. The van der Waals surface area contributed by atoms with Gasteiger partial charge < -0.3 is 5.73 Å². The first-order valence-electron chi connectivity index (χ1n) is 6.37. The van der Waals surface area contributed by atoms with Crippen LogP contribution in [0.3, 0.4) is 0 Å². The Kier molecular flexibility index (Phi) is 3.16. The summed E-state index contributed by atoms with van der Waals surface area (Å²) < 4.78 is 1.75. The lowest BCUT2D eigenvalue weighted by atomic mass is 9.92. The summed E-state index contributed by atoms with van der Waals surface area (Å²) in [6, 6.07) is 13.5. The molecule has 2 heterocycles. The van der Waals surface area contributed by atoms with E-state index in [4.69, 9.17) is 5.73 Å². The van der Waals surface area contributed by atoms with Gasteiger partial charge >= 0.3 is 0 Å². The van der Waals surface area contributed by atoms with Crippen LogP contribution in [0.25, 0.3) is 5.65 Å². The van der Waals surface area contributed by atoms with Crippen LogP contribution in [0.5, 0.6) is 0 Å². The van der Waals surface area contributed by atoms with Crippen molar-refractivity contribution < 1.29 is 4.79 Å². The average Bonchev–Trinajstić information content (AvgIpc) is 2.94.